The smallest absolute Gasteiger partial charge is 0.344 e. The number of para-hydroxylation sites is 1. The standard InChI is InChI=1S/C27H18BrNO4/c28-21-10-8-17(9-11-21)25-13-12-22(32-25)16-29-26(30)20-6-3-5-18(14-20)23-15-19-4-1-2-7-24(19)33-27(23)31/h1-15H,16H2,(H,29,30). The van der Waals surface area contributed by atoms with Crippen LogP contribution in [0.25, 0.3) is 33.4 Å². The number of rotatable bonds is 5. The minimum atomic E-state index is -0.442. The molecule has 0 aliphatic rings. The third-order valence-corrected chi connectivity index (χ3v) is 5.82. The van der Waals surface area contributed by atoms with E-state index in [1.54, 1.807) is 36.4 Å². The number of hydrogen-bond donors (Lipinski definition) is 1. The minimum Gasteiger partial charge on any atom is -0.459 e. The zero-order chi connectivity index (χ0) is 22.8. The predicted molar refractivity (Wildman–Crippen MR) is 131 cm³/mol. The molecule has 0 aliphatic carbocycles. The van der Waals surface area contributed by atoms with E-state index in [2.05, 4.69) is 21.2 Å². The zero-order valence-electron chi connectivity index (χ0n) is 17.4. The molecule has 0 bridgehead atoms. The molecule has 5 aromatic rings. The Labute approximate surface area is 197 Å². The molecule has 1 N–H and O–H groups in total. The zero-order valence-corrected chi connectivity index (χ0v) is 19.0. The molecule has 2 aromatic heterocycles. The van der Waals surface area contributed by atoms with Gasteiger partial charge >= 0.3 is 5.63 Å². The number of furan rings is 1. The van der Waals surface area contributed by atoms with Crippen LogP contribution in [0.5, 0.6) is 0 Å². The van der Waals surface area contributed by atoms with Gasteiger partial charge in [0.1, 0.15) is 17.1 Å². The van der Waals surface area contributed by atoms with Gasteiger partial charge in [0, 0.05) is 21.0 Å². The van der Waals surface area contributed by atoms with E-state index in [0.717, 1.165) is 21.2 Å². The van der Waals surface area contributed by atoms with Crippen LogP contribution in [0.1, 0.15) is 16.1 Å². The van der Waals surface area contributed by atoms with Gasteiger partial charge in [-0.2, -0.15) is 0 Å². The van der Waals surface area contributed by atoms with E-state index in [-0.39, 0.29) is 12.5 Å². The van der Waals surface area contributed by atoms with Gasteiger partial charge in [-0.05, 0) is 54.1 Å². The summed E-state index contributed by atoms with van der Waals surface area (Å²) in [4.78, 5) is 25.2. The molecule has 6 heteroatoms. The SMILES string of the molecule is O=C(NCc1ccc(-c2ccc(Br)cc2)o1)c1cccc(-c2cc3ccccc3oc2=O)c1. The third-order valence-electron chi connectivity index (χ3n) is 5.29. The molecule has 3 aromatic carbocycles. The van der Waals surface area contributed by atoms with Gasteiger partial charge in [0.15, 0.2) is 0 Å². The molecule has 0 aliphatic heterocycles. The highest BCUT2D eigenvalue weighted by atomic mass is 79.9. The van der Waals surface area contributed by atoms with Crippen LogP contribution in [0.3, 0.4) is 0 Å². The largest absolute Gasteiger partial charge is 0.459 e. The van der Waals surface area contributed by atoms with Gasteiger partial charge in [-0.3, -0.25) is 4.79 Å². The molecule has 0 spiro atoms. The second-order valence-corrected chi connectivity index (χ2v) is 8.44. The Morgan fingerprint density at radius 3 is 2.48 bits per heavy atom. The van der Waals surface area contributed by atoms with E-state index < -0.39 is 5.63 Å². The quantitative estimate of drug-likeness (QED) is 0.283. The summed E-state index contributed by atoms with van der Waals surface area (Å²) in [5.74, 6) is 1.12. The Balaban J connectivity index is 1.32. The lowest BCUT2D eigenvalue weighted by atomic mass is 10.0. The maximum absolute atomic E-state index is 12.8. The number of halogens is 1. The van der Waals surface area contributed by atoms with Gasteiger partial charge in [-0.1, -0.05) is 58.4 Å². The number of hydrogen-bond acceptors (Lipinski definition) is 4. The van der Waals surface area contributed by atoms with Crippen molar-refractivity contribution < 1.29 is 13.6 Å². The second-order valence-electron chi connectivity index (χ2n) is 7.52. The molecule has 1 amide bonds. The summed E-state index contributed by atoms with van der Waals surface area (Å²) in [5, 5.41) is 3.69. The van der Waals surface area contributed by atoms with Crippen LogP contribution >= 0.6 is 15.9 Å². The predicted octanol–water partition coefficient (Wildman–Crippen LogP) is 6.41. The maximum Gasteiger partial charge on any atom is 0.344 e. The van der Waals surface area contributed by atoms with Gasteiger partial charge in [-0.25, -0.2) is 4.79 Å². The van der Waals surface area contributed by atoms with E-state index in [9.17, 15) is 9.59 Å². The van der Waals surface area contributed by atoms with Crippen LogP contribution in [0.15, 0.2) is 109 Å². The maximum atomic E-state index is 12.8. The summed E-state index contributed by atoms with van der Waals surface area (Å²) < 4.78 is 12.3. The summed E-state index contributed by atoms with van der Waals surface area (Å²) in [5.41, 5.74) is 2.52. The number of carbonyl (C=O) groups is 1. The first-order valence-electron chi connectivity index (χ1n) is 10.3. The summed E-state index contributed by atoms with van der Waals surface area (Å²) in [6.07, 6.45) is 0. The van der Waals surface area contributed by atoms with Crippen molar-refractivity contribution in [2.24, 2.45) is 0 Å². The second kappa shape index (κ2) is 8.92. The summed E-state index contributed by atoms with van der Waals surface area (Å²) in [6, 6.07) is 27.6. The van der Waals surface area contributed by atoms with Gasteiger partial charge < -0.3 is 14.2 Å². The lowest BCUT2D eigenvalue weighted by Crippen LogP contribution is -2.22. The molecular formula is C27H18BrNO4. The summed E-state index contributed by atoms with van der Waals surface area (Å²) in [6.45, 7) is 0.248. The molecule has 0 radical (unpaired) electrons. The average Bonchev–Trinajstić information content (AvgIpc) is 3.31. The molecule has 2 heterocycles. The summed E-state index contributed by atoms with van der Waals surface area (Å²) >= 11 is 3.42. The van der Waals surface area contributed by atoms with E-state index in [1.165, 1.54) is 0 Å². The van der Waals surface area contributed by atoms with E-state index in [1.807, 2.05) is 54.6 Å². The number of fused-ring (bicyclic) bond motifs is 1. The molecule has 162 valence electrons. The Morgan fingerprint density at radius 2 is 1.64 bits per heavy atom. The fourth-order valence-electron chi connectivity index (χ4n) is 3.60. The normalized spacial score (nSPS) is 10.9. The van der Waals surface area contributed by atoms with Gasteiger partial charge in [0.2, 0.25) is 0 Å². The first-order valence-corrected chi connectivity index (χ1v) is 11.1. The Bertz CT molecular complexity index is 1520. The van der Waals surface area contributed by atoms with Crippen LogP contribution in [-0.2, 0) is 6.54 Å². The van der Waals surface area contributed by atoms with E-state index >= 15 is 0 Å². The highest BCUT2D eigenvalue weighted by Gasteiger charge is 2.12. The first-order chi connectivity index (χ1) is 16.1. The van der Waals surface area contributed by atoms with Gasteiger partial charge in [-0.15, -0.1) is 0 Å². The van der Waals surface area contributed by atoms with Crippen LogP contribution in [-0.4, -0.2) is 5.91 Å². The van der Waals surface area contributed by atoms with Crippen LogP contribution in [0.2, 0.25) is 0 Å². The molecule has 5 rings (SSSR count). The van der Waals surface area contributed by atoms with Crippen molar-refractivity contribution in [3.05, 3.63) is 117 Å². The van der Waals surface area contributed by atoms with Crippen molar-refractivity contribution in [2.45, 2.75) is 6.54 Å². The van der Waals surface area contributed by atoms with Gasteiger partial charge in [0.25, 0.3) is 5.91 Å². The molecule has 0 unspecified atom stereocenters. The molecule has 0 atom stereocenters. The van der Waals surface area contributed by atoms with Crippen molar-refractivity contribution in [3.8, 4) is 22.5 Å². The lowest BCUT2D eigenvalue weighted by Gasteiger charge is -2.07. The Morgan fingerprint density at radius 1 is 0.818 bits per heavy atom. The van der Waals surface area contributed by atoms with Crippen molar-refractivity contribution in [3.63, 3.8) is 0 Å². The fourth-order valence-corrected chi connectivity index (χ4v) is 3.87. The molecule has 0 fully saturated rings. The number of benzene rings is 3. The first kappa shape index (κ1) is 21.0. The minimum absolute atomic E-state index is 0.248. The van der Waals surface area contributed by atoms with Crippen LogP contribution in [0, 0.1) is 0 Å². The number of carbonyl (C=O) groups excluding carboxylic acids is 1. The lowest BCUT2D eigenvalue weighted by molar-refractivity contribution is 0.0948. The van der Waals surface area contributed by atoms with Gasteiger partial charge in [0.05, 0.1) is 12.1 Å². The monoisotopic (exact) mass is 499 g/mol. The van der Waals surface area contributed by atoms with Crippen LogP contribution < -0.4 is 10.9 Å². The van der Waals surface area contributed by atoms with Crippen molar-refractivity contribution >= 4 is 32.8 Å². The Kier molecular flexibility index (Phi) is 5.67. The molecular weight excluding hydrogens is 482 g/mol. The summed E-state index contributed by atoms with van der Waals surface area (Å²) in [7, 11) is 0. The number of nitrogens with one attached hydrogen (secondary N) is 1. The fraction of sp³-hybridized carbons (Fsp3) is 0.0370. The topological polar surface area (TPSA) is 72.5 Å². The van der Waals surface area contributed by atoms with Crippen LogP contribution in [0.4, 0.5) is 0 Å². The highest BCUT2D eigenvalue weighted by molar-refractivity contribution is 9.10. The molecule has 0 saturated carbocycles. The van der Waals surface area contributed by atoms with Crippen molar-refractivity contribution in [1.82, 2.24) is 5.32 Å². The molecule has 0 saturated heterocycles. The average molecular weight is 500 g/mol. The van der Waals surface area contributed by atoms with E-state index in [4.69, 9.17) is 8.83 Å². The third kappa shape index (κ3) is 4.52. The Hall–Kier alpha value is -3.90. The molecule has 33 heavy (non-hydrogen) atoms. The van der Waals surface area contributed by atoms with E-state index in [0.29, 0.717) is 28.0 Å². The van der Waals surface area contributed by atoms with Crippen molar-refractivity contribution in [2.75, 3.05) is 0 Å². The molecule has 5 nitrogen and oxygen atoms in total. The van der Waals surface area contributed by atoms with Crippen molar-refractivity contribution in [1.29, 1.82) is 0 Å². The highest BCUT2D eigenvalue weighted by Crippen LogP contribution is 2.25. The number of amides is 1.